The molecule has 1 aliphatic rings. The highest BCUT2D eigenvalue weighted by Crippen LogP contribution is 2.28. The number of nitrogens with one attached hydrogen (secondary N) is 1. The molecule has 2 rings (SSSR count). The molecule has 0 saturated carbocycles. The Labute approximate surface area is 125 Å². The van der Waals surface area contributed by atoms with E-state index in [1.165, 1.54) is 0 Å². The first-order valence-corrected chi connectivity index (χ1v) is 7.41. The second-order valence-electron chi connectivity index (χ2n) is 6.11. The third-order valence-corrected chi connectivity index (χ3v) is 4.32. The number of hydrogen-bond donors (Lipinski definition) is 1. The molecule has 5 nitrogen and oxygen atoms in total. The van der Waals surface area contributed by atoms with Crippen molar-refractivity contribution in [2.75, 3.05) is 0 Å². The van der Waals surface area contributed by atoms with Crippen LogP contribution < -0.4 is 5.32 Å². The zero-order valence-corrected chi connectivity index (χ0v) is 13.1. The lowest BCUT2D eigenvalue weighted by atomic mass is 9.87. The number of hydrogen-bond acceptors (Lipinski definition) is 3. The number of piperazine rings is 1. The molecule has 1 aromatic rings. The molecule has 1 saturated heterocycles. The van der Waals surface area contributed by atoms with Crippen LogP contribution in [0, 0.1) is 5.92 Å². The maximum atomic E-state index is 12.8. The molecule has 0 radical (unpaired) electrons. The Kier molecular flexibility index (Phi) is 4.30. The van der Waals surface area contributed by atoms with Crippen molar-refractivity contribution in [3.05, 3.63) is 30.1 Å². The molecule has 1 N–H and O–H groups in total. The molecule has 1 aliphatic heterocycles. The number of carbonyl (C=O) groups is 2. The summed E-state index contributed by atoms with van der Waals surface area (Å²) in [5.41, 5.74) is 0.126. The predicted octanol–water partition coefficient (Wildman–Crippen LogP) is 1.73. The quantitative estimate of drug-likeness (QED) is 0.918. The summed E-state index contributed by atoms with van der Waals surface area (Å²) in [6.07, 6.45) is 4.01. The van der Waals surface area contributed by atoms with Crippen LogP contribution in [-0.2, 0) is 16.1 Å². The average Bonchev–Trinajstić information content (AvgIpc) is 2.48. The Bertz CT molecular complexity index is 530. The van der Waals surface area contributed by atoms with Crippen LogP contribution >= 0.6 is 0 Å². The fourth-order valence-electron chi connectivity index (χ4n) is 2.62. The number of aromatic nitrogens is 1. The van der Waals surface area contributed by atoms with Crippen molar-refractivity contribution in [1.29, 1.82) is 0 Å². The van der Waals surface area contributed by atoms with E-state index in [2.05, 4.69) is 10.3 Å². The molecule has 1 aromatic heterocycles. The molecular formula is C16H23N3O2. The van der Waals surface area contributed by atoms with Gasteiger partial charge < -0.3 is 10.2 Å². The highest BCUT2D eigenvalue weighted by molar-refractivity contribution is 5.99. The Morgan fingerprint density at radius 1 is 1.43 bits per heavy atom. The van der Waals surface area contributed by atoms with Crippen LogP contribution in [0.15, 0.2) is 24.5 Å². The number of carbonyl (C=O) groups excluding carboxylic acids is 2. The van der Waals surface area contributed by atoms with E-state index < -0.39 is 11.6 Å². The molecule has 0 spiro atoms. The van der Waals surface area contributed by atoms with Crippen LogP contribution in [0.3, 0.4) is 0 Å². The first-order valence-electron chi connectivity index (χ1n) is 7.41. The minimum Gasteiger partial charge on any atom is -0.342 e. The molecule has 0 aromatic carbocycles. The van der Waals surface area contributed by atoms with Gasteiger partial charge in [0.1, 0.15) is 11.6 Å². The number of pyridine rings is 1. The summed E-state index contributed by atoms with van der Waals surface area (Å²) in [7, 11) is 0. The monoisotopic (exact) mass is 289 g/mol. The summed E-state index contributed by atoms with van der Waals surface area (Å²) in [5.74, 6) is -0.0238. The lowest BCUT2D eigenvalue weighted by Gasteiger charge is -2.46. The van der Waals surface area contributed by atoms with E-state index >= 15 is 0 Å². The zero-order chi connectivity index (χ0) is 15.6. The molecule has 2 atom stereocenters. The number of nitrogens with zero attached hydrogens (tertiary/aromatic N) is 2. The van der Waals surface area contributed by atoms with E-state index in [1.807, 2.05) is 39.8 Å². The third-order valence-electron chi connectivity index (χ3n) is 4.32. The highest BCUT2D eigenvalue weighted by Gasteiger charge is 2.48. The molecule has 2 unspecified atom stereocenters. The summed E-state index contributed by atoms with van der Waals surface area (Å²) in [5, 5.41) is 2.88. The van der Waals surface area contributed by atoms with Gasteiger partial charge in [-0.25, -0.2) is 0 Å². The maximum Gasteiger partial charge on any atom is 0.246 e. The Balaban J connectivity index is 2.35. The number of amides is 2. The lowest BCUT2D eigenvalue weighted by Crippen LogP contribution is -2.69. The van der Waals surface area contributed by atoms with Crippen LogP contribution in [0.2, 0.25) is 0 Å². The SMILES string of the molecule is CCC1(C)C(=O)NC(C(C)C)C(=O)N1Cc1cccnc1. The van der Waals surface area contributed by atoms with Crippen LogP contribution in [0.25, 0.3) is 0 Å². The van der Waals surface area contributed by atoms with Crippen LogP contribution in [-0.4, -0.2) is 33.3 Å². The van der Waals surface area contributed by atoms with Gasteiger partial charge in [0, 0.05) is 18.9 Å². The lowest BCUT2D eigenvalue weighted by molar-refractivity contribution is -0.159. The fourth-order valence-corrected chi connectivity index (χ4v) is 2.62. The van der Waals surface area contributed by atoms with Crippen molar-refractivity contribution in [2.45, 2.75) is 52.2 Å². The Morgan fingerprint density at radius 2 is 2.14 bits per heavy atom. The third kappa shape index (κ3) is 2.77. The van der Waals surface area contributed by atoms with E-state index in [4.69, 9.17) is 0 Å². The summed E-state index contributed by atoms with van der Waals surface area (Å²) < 4.78 is 0. The molecule has 1 fully saturated rings. The van der Waals surface area contributed by atoms with E-state index in [0.717, 1.165) is 5.56 Å². The van der Waals surface area contributed by atoms with Gasteiger partial charge in [-0.2, -0.15) is 0 Å². The number of rotatable bonds is 4. The van der Waals surface area contributed by atoms with Gasteiger partial charge in [-0.15, -0.1) is 0 Å². The minimum atomic E-state index is -0.807. The fraction of sp³-hybridized carbons (Fsp3) is 0.562. The molecule has 114 valence electrons. The normalized spacial score (nSPS) is 26.1. The summed E-state index contributed by atoms with van der Waals surface area (Å²) >= 11 is 0. The van der Waals surface area contributed by atoms with Gasteiger partial charge in [0.25, 0.3) is 0 Å². The zero-order valence-electron chi connectivity index (χ0n) is 13.1. The molecule has 5 heteroatoms. The van der Waals surface area contributed by atoms with Gasteiger partial charge in [-0.05, 0) is 30.9 Å². The molecule has 0 aliphatic carbocycles. The first-order chi connectivity index (χ1) is 9.90. The minimum absolute atomic E-state index is 0.0159. The van der Waals surface area contributed by atoms with E-state index in [0.29, 0.717) is 13.0 Å². The molecule has 2 heterocycles. The molecule has 0 bridgehead atoms. The molecule has 21 heavy (non-hydrogen) atoms. The first kappa shape index (κ1) is 15.5. The summed E-state index contributed by atoms with van der Waals surface area (Å²) in [6.45, 7) is 8.05. The van der Waals surface area contributed by atoms with Gasteiger partial charge >= 0.3 is 0 Å². The second kappa shape index (κ2) is 5.84. The topological polar surface area (TPSA) is 62.3 Å². The maximum absolute atomic E-state index is 12.8. The summed E-state index contributed by atoms with van der Waals surface area (Å²) in [6, 6.07) is 3.31. The van der Waals surface area contributed by atoms with Gasteiger partial charge in [-0.3, -0.25) is 14.6 Å². The van der Waals surface area contributed by atoms with E-state index in [-0.39, 0.29) is 17.7 Å². The Morgan fingerprint density at radius 3 is 2.67 bits per heavy atom. The van der Waals surface area contributed by atoms with Gasteiger partial charge in [-0.1, -0.05) is 26.8 Å². The van der Waals surface area contributed by atoms with Crippen molar-refractivity contribution in [2.24, 2.45) is 5.92 Å². The van der Waals surface area contributed by atoms with Crippen molar-refractivity contribution >= 4 is 11.8 Å². The highest BCUT2D eigenvalue weighted by atomic mass is 16.2. The van der Waals surface area contributed by atoms with Crippen molar-refractivity contribution in [1.82, 2.24) is 15.2 Å². The molecular weight excluding hydrogens is 266 g/mol. The van der Waals surface area contributed by atoms with Crippen molar-refractivity contribution < 1.29 is 9.59 Å². The van der Waals surface area contributed by atoms with Crippen LogP contribution in [0.1, 0.15) is 39.7 Å². The van der Waals surface area contributed by atoms with Crippen LogP contribution in [0.4, 0.5) is 0 Å². The largest absolute Gasteiger partial charge is 0.342 e. The van der Waals surface area contributed by atoms with Crippen molar-refractivity contribution in [3.8, 4) is 0 Å². The molecule has 2 amide bonds. The van der Waals surface area contributed by atoms with Gasteiger partial charge in [0.15, 0.2) is 0 Å². The average molecular weight is 289 g/mol. The van der Waals surface area contributed by atoms with E-state index in [1.54, 1.807) is 17.3 Å². The second-order valence-corrected chi connectivity index (χ2v) is 6.11. The standard InChI is InChI=1S/C16H23N3O2/c1-5-16(4)15(21)18-13(11(2)3)14(20)19(16)10-12-7-6-8-17-9-12/h6-9,11,13H,5,10H2,1-4H3,(H,18,21). The smallest absolute Gasteiger partial charge is 0.246 e. The van der Waals surface area contributed by atoms with Gasteiger partial charge in [0.2, 0.25) is 11.8 Å². The van der Waals surface area contributed by atoms with Crippen LogP contribution in [0.5, 0.6) is 0 Å². The van der Waals surface area contributed by atoms with Crippen molar-refractivity contribution in [3.63, 3.8) is 0 Å². The Hall–Kier alpha value is -1.91. The summed E-state index contributed by atoms with van der Waals surface area (Å²) in [4.78, 5) is 31.1. The van der Waals surface area contributed by atoms with E-state index in [9.17, 15) is 9.59 Å². The predicted molar refractivity (Wildman–Crippen MR) is 80.3 cm³/mol. The van der Waals surface area contributed by atoms with Gasteiger partial charge in [0.05, 0.1) is 0 Å².